The van der Waals surface area contributed by atoms with Gasteiger partial charge in [-0.3, -0.25) is 4.79 Å². The SMILES string of the molecule is CCCC1CCN(c2ccc(C)cc2C=O)C1. The summed E-state index contributed by atoms with van der Waals surface area (Å²) in [7, 11) is 0. The molecule has 2 nitrogen and oxygen atoms in total. The normalized spacial score (nSPS) is 19.6. The maximum Gasteiger partial charge on any atom is 0.152 e. The van der Waals surface area contributed by atoms with Gasteiger partial charge in [0, 0.05) is 24.3 Å². The molecule has 1 aliphatic rings. The van der Waals surface area contributed by atoms with Gasteiger partial charge in [0.15, 0.2) is 6.29 Å². The highest BCUT2D eigenvalue weighted by Gasteiger charge is 2.23. The summed E-state index contributed by atoms with van der Waals surface area (Å²) in [6.45, 7) is 6.47. The molecule has 1 aliphatic heterocycles. The van der Waals surface area contributed by atoms with Crippen LogP contribution in [0.3, 0.4) is 0 Å². The van der Waals surface area contributed by atoms with Crippen LogP contribution in [0, 0.1) is 12.8 Å². The maximum atomic E-state index is 11.1. The van der Waals surface area contributed by atoms with E-state index in [4.69, 9.17) is 0 Å². The minimum atomic E-state index is 0.806. The van der Waals surface area contributed by atoms with Gasteiger partial charge < -0.3 is 4.90 Å². The molecular weight excluding hydrogens is 210 g/mol. The highest BCUT2D eigenvalue weighted by atomic mass is 16.1. The smallest absolute Gasteiger partial charge is 0.152 e. The molecule has 1 aromatic rings. The van der Waals surface area contributed by atoms with E-state index in [1.54, 1.807) is 0 Å². The van der Waals surface area contributed by atoms with Gasteiger partial charge in [0.2, 0.25) is 0 Å². The number of carbonyl (C=O) groups is 1. The highest BCUT2D eigenvalue weighted by Crippen LogP contribution is 2.28. The first kappa shape index (κ1) is 12.2. The van der Waals surface area contributed by atoms with Gasteiger partial charge in [-0.05, 0) is 37.8 Å². The van der Waals surface area contributed by atoms with Gasteiger partial charge >= 0.3 is 0 Å². The van der Waals surface area contributed by atoms with E-state index in [1.165, 1.54) is 19.3 Å². The van der Waals surface area contributed by atoms with Crippen molar-refractivity contribution in [2.24, 2.45) is 5.92 Å². The Morgan fingerprint density at radius 3 is 3.00 bits per heavy atom. The molecule has 92 valence electrons. The van der Waals surface area contributed by atoms with Gasteiger partial charge in [0.25, 0.3) is 0 Å². The molecule has 0 amide bonds. The molecule has 1 unspecified atom stereocenters. The van der Waals surface area contributed by atoms with Crippen molar-refractivity contribution in [1.82, 2.24) is 0 Å². The van der Waals surface area contributed by atoms with Gasteiger partial charge in [0.05, 0.1) is 0 Å². The molecule has 0 aromatic heterocycles. The monoisotopic (exact) mass is 231 g/mol. The van der Waals surface area contributed by atoms with Crippen molar-refractivity contribution in [1.29, 1.82) is 0 Å². The van der Waals surface area contributed by atoms with Crippen LogP contribution < -0.4 is 4.90 Å². The Balaban J connectivity index is 2.15. The van der Waals surface area contributed by atoms with Crippen LogP contribution in [0.25, 0.3) is 0 Å². The summed E-state index contributed by atoms with van der Waals surface area (Å²) in [5.74, 6) is 0.806. The van der Waals surface area contributed by atoms with Crippen molar-refractivity contribution in [3.8, 4) is 0 Å². The number of nitrogens with zero attached hydrogens (tertiary/aromatic N) is 1. The first-order chi connectivity index (χ1) is 8.24. The van der Waals surface area contributed by atoms with Crippen molar-refractivity contribution in [3.05, 3.63) is 29.3 Å². The summed E-state index contributed by atoms with van der Waals surface area (Å²) in [6.07, 6.45) is 4.81. The molecule has 0 aliphatic carbocycles. The number of carbonyl (C=O) groups excluding carboxylic acids is 1. The third kappa shape index (κ3) is 2.68. The number of hydrogen-bond donors (Lipinski definition) is 0. The lowest BCUT2D eigenvalue weighted by Gasteiger charge is -2.20. The van der Waals surface area contributed by atoms with E-state index in [2.05, 4.69) is 24.0 Å². The first-order valence-electron chi connectivity index (χ1n) is 6.55. The molecule has 1 heterocycles. The quantitative estimate of drug-likeness (QED) is 0.740. The molecule has 1 saturated heterocycles. The van der Waals surface area contributed by atoms with E-state index >= 15 is 0 Å². The molecule has 0 spiro atoms. The van der Waals surface area contributed by atoms with Gasteiger partial charge in [-0.1, -0.05) is 25.0 Å². The van der Waals surface area contributed by atoms with Crippen LogP contribution in [0.5, 0.6) is 0 Å². The predicted molar refractivity (Wildman–Crippen MR) is 71.8 cm³/mol. The van der Waals surface area contributed by atoms with Crippen LogP contribution in [0.2, 0.25) is 0 Å². The number of benzene rings is 1. The van der Waals surface area contributed by atoms with Crippen molar-refractivity contribution < 1.29 is 4.79 Å². The third-order valence-corrected chi connectivity index (χ3v) is 3.63. The Bertz CT molecular complexity index is 400. The number of hydrogen-bond acceptors (Lipinski definition) is 2. The lowest BCUT2D eigenvalue weighted by molar-refractivity contribution is 0.112. The van der Waals surface area contributed by atoms with Gasteiger partial charge in [-0.2, -0.15) is 0 Å². The summed E-state index contributed by atoms with van der Waals surface area (Å²) in [4.78, 5) is 13.5. The zero-order valence-corrected chi connectivity index (χ0v) is 10.8. The molecule has 2 heteroatoms. The number of aldehydes is 1. The zero-order chi connectivity index (χ0) is 12.3. The van der Waals surface area contributed by atoms with Gasteiger partial charge in [-0.25, -0.2) is 0 Å². The molecular formula is C15H21NO. The van der Waals surface area contributed by atoms with Crippen molar-refractivity contribution in [2.45, 2.75) is 33.1 Å². The zero-order valence-electron chi connectivity index (χ0n) is 10.8. The summed E-state index contributed by atoms with van der Waals surface area (Å²) in [5, 5.41) is 0. The fourth-order valence-corrected chi connectivity index (χ4v) is 2.75. The second-order valence-electron chi connectivity index (χ2n) is 5.07. The van der Waals surface area contributed by atoms with Crippen LogP contribution in [-0.4, -0.2) is 19.4 Å². The summed E-state index contributed by atoms with van der Waals surface area (Å²) in [5.41, 5.74) is 3.10. The third-order valence-electron chi connectivity index (χ3n) is 3.63. The number of anilines is 1. The van der Waals surface area contributed by atoms with Crippen molar-refractivity contribution in [3.63, 3.8) is 0 Å². The minimum absolute atomic E-state index is 0.806. The van der Waals surface area contributed by atoms with E-state index in [-0.39, 0.29) is 0 Å². The fourth-order valence-electron chi connectivity index (χ4n) is 2.75. The van der Waals surface area contributed by atoms with Crippen molar-refractivity contribution in [2.75, 3.05) is 18.0 Å². The van der Waals surface area contributed by atoms with E-state index < -0.39 is 0 Å². The van der Waals surface area contributed by atoms with Crippen molar-refractivity contribution >= 4 is 12.0 Å². The van der Waals surface area contributed by atoms with Gasteiger partial charge in [-0.15, -0.1) is 0 Å². The molecule has 2 rings (SSSR count). The average molecular weight is 231 g/mol. The second-order valence-corrected chi connectivity index (χ2v) is 5.07. The first-order valence-corrected chi connectivity index (χ1v) is 6.55. The molecule has 1 aromatic carbocycles. The van der Waals surface area contributed by atoms with E-state index in [0.717, 1.165) is 42.1 Å². The molecule has 0 N–H and O–H groups in total. The Kier molecular flexibility index (Phi) is 3.82. The average Bonchev–Trinajstić information content (AvgIpc) is 2.78. The Labute approximate surface area is 104 Å². The molecule has 1 fully saturated rings. The van der Waals surface area contributed by atoms with Gasteiger partial charge in [0.1, 0.15) is 0 Å². The topological polar surface area (TPSA) is 20.3 Å². The Morgan fingerprint density at radius 2 is 2.29 bits per heavy atom. The maximum absolute atomic E-state index is 11.1. The van der Waals surface area contributed by atoms with E-state index in [0.29, 0.717) is 0 Å². The number of aryl methyl sites for hydroxylation is 1. The molecule has 0 saturated carbocycles. The van der Waals surface area contributed by atoms with Crippen LogP contribution in [-0.2, 0) is 0 Å². The Morgan fingerprint density at radius 1 is 1.47 bits per heavy atom. The number of rotatable bonds is 4. The van der Waals surface area contributed by atoms with Crippen LogP contribution >= 0.6 is 0 Å². The lowest BCUT2D eigenvalue weighted by Crippen LogP contribution is -2.21. The van der Waals surface area contributed by atoms with E-state index in [1.807, 2.05) is 13.0 Å². The summed E-state index contributed by atoms with van der Waals surface area (Å²) < 4.78 is 0. The van der Waals surface area contributed by atoms with Crippen LogP contribution in [0.1, 0.15) is 42.1 Å². The molecule has 1 atom stereocenters. The fraction of sp³-hybridized carbons (Fsp3) is 0.533. The molecule has 17 heavy (non-hydrogen) atoms. The summed E-state index contributed by atoms with van der Waals surface area (Å²) in [6, 6.07) is 6.17. The van der Waals surface area contributed by atoms with Crippen LogP contribution in [0.4, 0.5) is 5.69 Å². The summed E-state index contributed by atoms with van der Waals surface area (Å²) >= 11 is 0. The second kappa shape index (κ2) is 5.35. The molecule has 0 radical (unpaired) electrons. The standard InChI is InChI=1S/C15H21NO/c1-3-4-13-7-8-16(10-13)15-6-5-12(2)9-14(15)11-17/h5-6,9,11,13H,3-4,7-8,10H2,1-2H3. The predicted octanol–water partition coefficient (Wildman–Crippen LogP) is 3.43. The largest absolute Gasteiger partial charge is 0.371 e. The highest BCUT2D eigenvalue weighted by molar-refractivity contribution is 5.85. The molecule has 0 bridgehead atoms. The van der Waals surface area contributed by atoms with E-state index in [9.17, 15) is 4.79 Å². The minimum Gasteiger partial charge on any atom is -0.371 e. The van der Waals surface area contributed by atoms with Crippen LogP contribution in [0.15, 0.2) is 18.2 Å². The Hall–Kier alpha value is -1.31. The lowest BCUT2D eigenvalue weighted by atomic mass is 10.0.